The first-order chi connectivity index (χ1) is 34.8. The summed E-state index contributed by atoms with van der Waals surface area (Å²) < 4.78 is 47.7. The third-order valence-electron chi connectivity index (χ3n) is 13.2. The number of aliphatic hydroxyl groups is 1. The van der Waals surface area contributed by atoms with Gasteiger partial charge in [-0.1, -0.05) is 101 Å². The highest BCUT2D eigenvalue weighted by atomic mass is 32.1. The number of carbonyl (C=O) groups excluding carboxylic acids is 5. The summed E-state index contributed by atoms with van der Waals surface area (Å²) in [7, 11) is 0. The Labute approximate surface area is 431 Å². The Morgan fingerprint density at radius 2 is 1.51 bits per heavy atom. The van der Waals surface area contributed by atoms with Crippen molar-refractivity contribution in [3.05, 3.63) is 77.2 Å². The molecule has 7 rings (SSSR count). The van der Waals surface area contributed by atoms with Crippen molar-refractivity contribution in [3.63, 3.8) is 0 Å². The summed E-state index contributed by atoms with van der Waals surface area (Å²) in [5, 5.41) is 22.0. The van der Waals surface area contributed by atoms with Crippen LogP contribution in [0, 0.1) is 12.3 Å². The molecule has 1 aliphatic heterocycles. The quantitative estimate of drug-likeness (QED) is 0.0467. The van der Waals surface area contributed by atoms with Crippen LogP contribution in [0.15, 0.2) is 60.2 Å². The number of unbranched alkanes of at least 4 members (excludes halogenated alkanes) is 6. The van der Waals surface area contributed by atoms with E-state index in [0.717, 1.165) is 79.3 Å². The number of halogens is 3. The summed E-state index contributed by atoms with van der Waals surface area (Å²) in [5.41, 5.74) is 3.83. The van der Waals surface area contributed by atoms with Crippen LogP contribution in [0.5, 0.6) is 0 Å². The zero-order valence-corrected chi connectivity index (χ0v) is 43.4. The number of benzene rings is 2. The molecule has 0 unspecified atom stereocenters. The van der Waals surface area contributed by atoms with E-state index < -0.39 is 53.2 Å². The third-order valence-corrected chi connectivity index (χ3v) is 15.1. The number of nitrogens with one attached hydrogen (secondary N) is 4. The summed E-state index contributed by atoms with van der Waals surface area (Å²) in [6, 6.07) is 12.5. The molecule has 0 radical (unpaired) electrons. The number of β-amino-alcohol motifs (C(OH)–C–C–N with tert-alkyl or cyclic N) is 1. The Balaban J connectivity index is 0.796. The minimum Gasteiger partial charge on any atom is -0.446 e. The predicted octanol–water partition coefficient (Wildman–Crippen LogP) is 10.9. The summed E-state index contributed by atoms with van der Waals surface area (Å²) >= 11 is 2.81. The van der Waals surface area contributed by atoms with E-state index in [2.05, 4.69) is 36.2 Å². The van der Waals surface area contributed by atoms with Gasteiger partial charge in [-0.3, -0.25) is 24.5 Å². The number of nitrogens with zero attached hydrogens (tertiary/aromatic N) is 4. The number of pyridine rings is 1. The van der Waals surface area contributed by atoms with Gasteiger partial charge in [0, 0.05) is 44.1 Å². The van der Waals surface area contributed by atoms with Crippen molar-refractivity contribution in [1.82, 2.24) is 30.5 Å². The maximum Gasteiger partial charge on any atom is 0.435 e. The van der Waals surface area contributed by atoms with E-state index in [0.29, 0.717) is 58.6 Å². The van der Waals surface area contributed by atoms with Gasteiger partial charge in [0.15, 0.2) is 10.8 Å². The molecule has 3 atom stereocenters. The van der Waals surface area contributed by atoms with Crippen LogP contribution in [0.25, 0.3) is 31.8 Å². The molecule has 1 aliphatic carbocycles. The van der Waals surface area contributed by atoms with E-state index in [1.807, 2.05) is 57.5 Å². The average Bonchev–Trinajstić information content (AvgIpc) is 4.08. The van der Waals surface area contributed by atoms with Gasteiger partial charge in [0.05, 0.1) is 38.1 Å². The number of amides is 5. The second-order valence-electron chi connectivity index (χ2n) is 20.1. The number of aliphatic hydroxyl groups excluding tert-OH is 1. The van der Waals surface area contributed by atoms with Crippen molar-refractivity contribution in [2.75, 3.05) is 17.2 Å². The lowest BCUT2D eigenvalue weighted by Crippen LogP contribution is -2.57. The zero-order chi connectivity index (χ0) is 52.3. The molecule has 5 N–H and O–H groups in total. The number of anilines is 2. The molecule has 2 aromatic carbocycles. The molecule has 392 valence electrons. The summed E-state index contributed by atoms with van der Waals surface area (Å²) in [6.45, 7) is 7.80. The Morgan fingerprint density at radius 1 is 0.836 bits per heavy atom. The van der Waals surface area contributed by atoms with Gasteiger partial charge in [-0.25, -0.2) is 19.7 Å². The average molecular weight is 1050 g/mol. The van der Waals surface area contributed by atoms with Gasteiger partial charge < -0.3 is 30.7 Å². The van der Waals surface area contributed by atoms with E-state index in [-0.39, 0.29) is 49.8 Å². The number of ether oxygens (including phenoxy) is 1. The van der Waals surface area contributed by atoms with Crippen LogP contribution in [0.4, 0.5) is 28.8 Å². The molecule has 2 aliphatic rings. The first kappa shape index (κ1) is 54.8. The Bertz CT molecular complexity index is 2720. The van der Waals surface area contributed by atoms with Gasteiger partial charge in [0.2, 0.25) is 23.6 Å². The molecule has 0 spiro atoms. The van der Waals surface area contributed by atoms with E-state index in [1.54, 1.807) is 29.5 Å². The van der Waals surface area contributed by atoms with Crippen LogP contribution in [-0.4, -0.2) is 85.5 Å². The fourth-order valence-electron chi connectivity index (χ4n) is 9.23. The van der Waals surface area contributed by atoms with E-state index in [1.165, 1.54) is 22.3 Å². The number of likely N-dealkylation sites (tertiary alicyclic amines) is 1. The van der Waals surface area contributed by atoms with Crippen LogP contribution in [0.3, 0.4) is 0 Å². The molecule has 0 bridgehead atoms. The summed E-state index contributed by atoms with van der Waals surface area (Å²) in [6.07, 6.45) is 4.67. The van der Waals surface area contributed by atoms with Gasteiger partial charge in [0.25, 0.3) is 0 Å². The van der Waals surface area contributed by atoms with Gasteiger partial charge >= 0.3 is 12.3 Å². The van der Waals surface area contributed by atoms with Crippen molar-refractivity contribution >= 4 is 73.4 Å². The van der Waals surface area contributed by atoms with Crippen LogP contribution < -0.4 is 21.3 Å². The SMILES string of the molecule is Cc1ncsc1-c1ccc(CNC(=O)[C@@H]2C[C@@H](O)CN2C(=O)[C@@H](NC(=O)CCCCCCCCCC(=O)Nc2nc3ccc(-c4cnc(C(F)(F)F)c(NC(=O)OC5CCCCC5)c4)cc3s2)C(C)(C)C)cc1. The number of hydrogen-bond donors (Lipinski definition) is 5. The second kappa shape index (κ2) is 24.8. The van der Waals surface area contributed by atoms with Crippen LogP contribution in [-0.2, 0) is 36.6 Å². The highest BCUT2D eigenvalue weighted by Crippen LogP contribution is 2.38. The van der Waals surface area contributed by atoms with Crippen LogP contribution in [0.1, 0.15) is 134 Å². The van der Waals surface area contributed by atoms with E-state index >= 15 is 0 Å². The standard InChI is InChI=1S/C53H65F3N8O7S2/c1-32-45(72-31-59-32)34-21-19-33(20-22-34)28-58-48(68)41-27-37(65)30-64(41)49(69)47(52(2,3)4)62-43(66)17-13-8-6-5-7-9-14-18-44(67)63-50-60-39-24-23-35(26-42(39)73-50)36-25-40(46(57-29-36)53(54,55)56)61-51(70)71-38-15-11-10-12-16-38/h19-26,29,31,37-38,41,47,65H,5-18,27-28,30H2,1-4H3,(H,58,68)(H,61,70)(H,62,66)(H,60,63,67)/t37-,41+,47-/m1/s1. The largest absolute Gasteiger partial charge is 0.446 e. The maximum absolute atomic E-state index is 14.0. The lowest BCUT2D eigenvalue weighted by Gasteiger charge is -2.35. The van der Waals surface area contributed by atoms with Gasteiger partial charge in [-0.2, -0.15) is 13.2 Å². The molecule has 1 saturated carbocycles. The van der Waals surface area contributed by atoms with E-state index in [4.69, 9.17) is 4.74 Å². The number of aryl methyl sites for hydroxylation is 1. The number of rotatable bonds is 20. The molecule has 5 amide bonds. The van der Waals surface area contributed by atoms with Crippen LogP contribution >= 0.6 is 22.7 Å². The smallest absolute Gasteiger partial charge is 0.435 e. The van der Waals surface area contributed by atoms with E-state index in [9.17, 15) is 42.3 Å². The Kier molecular flexibility index (Phi) is 18.6. The fraction of sp³-hybridized carbons (Fsp3) is 0.509. The molecule has 3 aromatic heterocycles. The molecule has 15 nitrogen and oxygen atoms in total. The molecular weight excluding hydrogens is 982 g/mol. The molecule has 1 saturated heterocycles. The number of fused-ring (bicyclic) bond motifs is 1. The Morgan fingerprint density at radius 3 is 2.16 bits per heavy atom. The molecule has 5 aromatic rings. The van der Waals surface area contributed by atoms with Gasteiger partial charge in [-0.15, -0.1) is 11.3 Å². The molecular formula is C53H65F3N8O7S2. The monoisotopic (exact) mass is 1050 g/mol. The number of alkyl halides is 3. The van der Waals surface area contributed by atoms with Gasteiger partial charge in [0.1, 0.15) is 18.2 Å². The minimum atomic E-state index is -4.80. The summed E-state index contributed by atoms with van der Waals surface area (Å²) in [5.74, 6) is -1.20. The fourth-order valence-corrected chi connectivity index (χ4v) is 11.0. The third kappa shape index (κ3) is 15.3. The molecule has 73 heavy (non-hydrogen) atoms. The lowest BCUT2D eigenvalue weighted by molar-refractivity contribution is -0.144. The zero-order valence-electron chi connectivity index (χ0n) is 41.7. The normalized spacial score (nSPS) is 16.8. The summed E-state index contributed by atoms with van der Waals surface area (Å²) in [4.78, 5) is 81.1. The predicted molar refractivity (Wildman–Crippen MR) is 277 cm³/mol. The second-order valence-corrected chi connectivity index (χ2v) is 22.0. The number of carbonyl (C=O) groups is 5. The van der Waals surface area contributed by atoms with Crippen molar-refractivity contribution in [2.24, 2.45) is 5.41 Å². The van der Waals surface area contributed by atoms with Crippen molar-refractivity contribution in [2.45, 2.75) is 161 Å². The lowest BCUT2D eigenvalue weighted by atomic mass is 9.85. The topological polar surface area (TPSA) is 205 Å². The highest BCUT2D eigenvalue weighted by Gasteiger charge is 2.44. The number of aromatic nitrogens is 3. The number of thiazole rings is 2. The highest BCUT2D eigenvalue weighted by molar-refractivity contribution is 7.22. The Hall–Kier alpha value is -5.99. The number of hydrogen-bond acceptors (Lipinski definition) is 12. The van der Waals surface area contributed by atoms with Crippen molar-refractivity contribution in [3.8, 4) is 21.6 Å². The molecule has 20 heteroatoms. The minimum absolute atomic E-state index is 0.00209. The molecule has 4 heterocycles. The first-order valence-electron chi connectivity index (χ1n) is 25.1. The van der Waals surface area contributed by atoms with Crippen LogP contribution in [0.2, 0.25) is 0 Å². The maximum atomic E-state index is 14.0. The van der Waals surface area contributed by atoms with Gasteiger partial charge in [-0.05, 0) is 85.8 Å². The first-order valence-corrected chi connectivity index (χ1v) is 26.8. The molecule has 2 fully saturated rings. The van der Waals surface area contributed by atoms with Crippen molar-refractivity contribution < 1.29 is 47.0 Å². The van der Waals surface area contributed by atoms with Crippen molar-refractivity contribution in [1.29, 1.82) is 0 Å².